The highest BCUT2D eigenvalue weighted by molar-refractivity contribution is 9.10. The summed E-state index contributed by atoms with van der Waals surface area (Å²) in [4.78, 5) is 14.3. The lowest BCUT2D eigenvalue weighted by atomic mass is 9.84. The van der Waals surface area contributed by atoms with E-state index < -0.39 is 0 Å². The fourth-order valence-corrected chi connectivity index (χ4v) is 3.33. The van der Waals surface area contributed by atoms with Gasteiger partial charge >= 0.3 is 0 Å². The second-order valence-electron chi connectivity index (χ2n) is 5.66. The van der Waals surface area contributed by atoms with Crippen LogP contribution in [0, 0.1) is 5.92 Å². The van der Waals surface area contributed by atoms with Crippen molar-refractivity contribution in [3.8, 4) is 5.75 Å². The van der Waals surface area contributed by atoms with Gasteiger partial charge in [0.15, 0.2) is 0 Å². The standard InChI is InChI=1S/C16H22BrNO2/c1-3-11-4-7-13(8-5-11)18(2)16(20)14-9-6-12(17)10-15(14)19/h6,9-11,13,19H,3-5,7-8H2,1-2H3. The third-order valence-corrected chi connectivity index (χ3v) is 4.95. The molecule has 1 aromatic carbocycles. The van der Waals surface area contributed by atoms with Crippen LogP contribution in [0.2, 0.25) is 0 Å². The Morgan fingerprint density at radius 2 is 2.00 bits per heavy atom. The maximum atomic E-state index is 12.5. The van der Waals surface area contributed by atoms with Crippen molar-refractivity contribution in [3.63, 3.8) is 0 Å². The summed E-state index contributed by atoms with van der Waals surface area (Å²) in [5.41, 5.74) is 0.383. The molecule has 0 bridgehead atoms. The molecule has 0 unspecified atom stereocenters. The Hall–Kier alpha value is -1.03. The van der Waals surface area contributed by atoms with Crippen LogP contribution in [0.25, 0.3) is 0 Å². The normalized spacial score (nSPS) is 22.6. The van der Waals surface area contributed by atoms with Gasteiger partial charge in [-0.2, -0.15) is 0 Å². The smallest absolute Gasteiger partial charge is 0.257 e. The topological polar surface area (TPSA) is 40.5 Å². The summed E-state index contributed by atoms with van der Waals surface area (Å²) in [6.45, 7) is 2.24. The molecule has 0 aromatic heterocycles. The Balaban J connectivity index is 2.05. The Labute approximate surface area is 129 Å². The number of carbonyl (C=O) groups excluding carboxylic acids is 1. The van der Waals surface area contributed by atoms with Gasteiger partial charge in [-0.05, 0) is 49.8 Å². The van der Waals surface area contributed by atoms with Crippen LogP contribution in [0.5, 0.6) is 5.75 Å². The summed E-state index contributed by atoms with van der Waals surface area (Å²) in [5.74, 6) is 0.768. The molecule has 0 saturated heterocycles. The van der Waals surface area contributed by atoms with Crippen molar-refractivity contribution in [2.75, 3.05) is 7.05 Å². The van der Waals surface area contributed by atoms with Crippen molar-refractivity contribution in [1.29, 1.82) is 0 Å². The number of hydrogen-bond acceptors (Lipinski definition) is 2. The van der Waals surface area contributed by atoms with E-state index in [0.29, 0.717) is 11.6 Å². The Bertz CT molecular complexity index is 481. The van der Waals surface area contributed by atoms with E-state index in [1.165, 1.54) is 19.3 Å². The minimum atomic E-state index is -0.0880. The molecule has 0 radical (unpaired) electrons. The number of rotatable bonds is 3. The second-order valence-corrected chi connectivity index (χ2v) is 6.58. The van der Waals surface area contributed by atoms with Gasteiger partial charge in [-0.25, -0.2) is 0 Å². The molecule has 0 heterocycles. The van der Waals surface area contributed by atoms with Gasteiger partial charge in [0, 0.05) is 17.6 Å². The maximum Gasteiger partial charge on any atom is 0.257 e. The molecule has 2 rings (SSSR count). The minimum absolute atomic E-state index is 0.0402. The second kappa shape index (κ2) is 6.61. The summed E-state index contributed by atoms with van der Waals surface area (Å²) < 4.78 is 0.776. The third kappa shape index (κ3) is 3.35. The van der Waals surface area contributed by atoms with Crippen LogP contribution in [-0.2, 0) is 0 Å². The van der Waals surface area contributed by atoms with E-state index in [0.717, 1.165) is 23.2 Å². The zero-order chi connectivity index (χ0) is 14.7. The lowest BCUT2D eigenvalue weighted by Gasteiger charge is -2.34. The molecular weight excluding hydrogens is 318 g/mol. The van der Waals surface area contributed by atoms with Crippen molar-refractivity contribution in [2.45, 2.75) is 45.1 Å². The highest BCUT2D eigenvalue weighted by Crippen LogP contribution is 2.31. The van der Waals surface area contributed by atoms with E-state index >= 15 is 0 Å². The molecule has 4 heteroatoms. The average Bonchev–Trinajstić information content (AvgIpc) is 2.46. The molecule has 1 aliphatic carbocycles. The van der Waals surface area contributed by atoms with Crippen molar-refractivity contribution in [3.05, 3.63) is 28.2 Å². The number of aromatic hydroxyl groups is 1. The van der Waals surface area contributed by atoms with Gasteiger partial charge in [0.25, 0.3) is 5.91 Å². The summed E-state index contributed by atoms with van der Waals surface area (Å²) in [5, 5.41) is 9.91. The highest BCUT2D eigenvalue weighted by Gasteiger charge is 2.27. The van der Waals surface area contributed by atoms with E-state index in [-0.39, 0.29) is 11.7 Å². The Kier molecular flexibility index (Phi) is 5.08. The van der Waals surface area contributed by atoms with Crippen LogP contribution < -0.4 is 0 Å². The van der Waals surface area contributed by atoms with Crippen molar-refractivity contribution >= 4 is 21.8 Å². The van der Waals surface area contributed by atoms with Gasteiger partial charge in [0.1, 0.15) is 5.75 Å². The molecule has 0 spiro atoms. The Morgan fingerprint density at radius 1 is 1.35 bits per heavy atom. The highest BCUT2D eigenvalue weighted by atomic mass is 79.9. The van der Waals surface area contributed by atoms with Gasteiger partial charge in [0.05, 0.1) is 5.56 Å². The van der Waals surface area contributed by atoms with E-state index in [9.17, 15) is 9.90 Å². The fraction of sp³-hybridized carbons (Fsp3) is 0.562. The predicted octanol–water partition coefficient (Wildman–Crippen LogP) is 4.20. The molecule has 0 atom stereocenters. The number of benzene rings is 1. The van der Waals surface area contributed by atoms with Crippen LogP contribution >= 0.6 is 15.9 Å². The fourth-order valence-electron chi connectivity index (χ4n) is 2.98. The van der Waals surface area contributed by atoms with E-state index in [1.54, 1.807) is 23.1 Å². The van der Waals surface area contributed by atoms with Gasteiger partial charge in [-0.3, -0.25) is 4.79 Å². The number of halogens is 1. The van der Waals surface area contributed by atoms with Crippen LogP contribution in [0.15, 0.2) is 22.7 Å². The number of phenolic OH excluding ortho intramolecular Hbond substituents is 1. The largest absolute Gasteiger partial charge is 0.507 e. The van der Waals surface area contributed by atoms with Gasteiger partial charge in [-0.15, -0.1) is 0 Å². The molecule has 1 N–H and O–H groups in total. The molecular formula is C16H22BrNO2. The van der Waals surface area contributed by atoms with Gasteiger partial charge in [-0.1, -0.05) is 29.3 Å². The van der Waals surface area contributed by atoms with Crippen LogP contribution in [-0.4, -0.2) is 29.0 Å². The molecule has 1 saturated carbocycles. The Morgan fingerprint density at radius 3 is 2.55 bits per heavy atom. The van der Waals surface area contributed by atoms with Gasteiger partial charge in [0.2, 0.25) is 0 Å². The lowest BCUT2D eigenvalue weighted by Crippen LogP contribution is -2.39. The zero-order valence-corrected chi connectivity index (χ0v) is 13.7. The number of nitrogens with zero attached hydrogens (tertiary/aromatic N) is 1. The number of hydrogen-bond donors (Lipinski definition) is 1. The van der Waals surface area contributed by atoms with Crippen LogP contribution in [0.4, 0.5) is 0 Å². The lowest BCUT2D eigenvalue weighted by molar-refractivity contribution is 0.0671. The van der Waals surface area contributed by atoms with Crippen molar-refractivity contribution < 1.29 is 9.90 Å². The molecule has 1 aliphatic rings. The van der Waals surface area contributed by atoms with Crippen LogP contribution in [0.1, 0.15) is 49.4 Å². The molecule has 1 fully saturated rings. The predicted molar refractivity (Wildman–Crippen MR) is 83.9 cm³/mol. The summed E-state index contributed by atoms with van der Waals surface area (Å²) >= 11 is 3.29. The summed E-state index contributed by atoms with van der Waals surface area (Å²) in [6.07, 6.45) is 5.77. The van der Waals surface area contributed by atoms with Gasteiger partial charge < -0.3 is 10.0 Å². The van der Waals surface area contributed by atoms with Crippen LogP contribution in [0.3, 0.4) is 0 Å². The third-order valence-electron chi connectivity index (χ3n) is 4.45. The SMILES string of the molecule is CCC1CCC(N(C)C(=O)c2ccc(Br)cc2O)CC1. The molecule has 110 valence electrons. The van der Waals surface area contributed by atoms with Crippen molar-refractivity contribution in [1.82, 2.24) is 4.90 Å². The van der Waals surface area contributed by atoms with E-state index in [2.05, 4.69) is 22.9 Å². The first kappa shape index (κ1) is 15.4. The first-order chi connectivity index (χ1) is 9.52. The summed E-state index contributed by atoms with van der Waals surface area (Å²) in [7, 11) is 1.85. The first-order valence-electron chi connectivity index (χ1n) is 7.28. The first-order valence-corrected chi connectivity index (χ1v) is 8.08. The number of phenols is 1. The van der Waals surface area contributed by atoms with E-state index in [4.69, 9.17) is 0 Å². The monoisotopic (exact) mass is 339 g/mol. The van der Waals surface area contributed by atoms with Crippen molar-refractivity contribution in [2.24, 2.45) is 5.92 Å². The summed E-state index contributed by atoms with van der Waals surface area (Å²) in [6, 6.07) is 5.33. The van der Waals surface area contributed by atoms with E-state index in [1.807, 2.05) is 7.05 Å². The molecule has 1 amide bonds. The quantitative estimate of drug-likeness (QED) is 0.896. The molecule has 0 aliphatic heterocycles. The maximum absolute atomic E-state index is 12.5. The zero-order valence-electron chi connectivity index (χ0n) is 12.1. The minimum Gasteiger partial charge on any atom is -0.507 e. The number of amides is 1. The average molecular weight is 340 g/mol. The molecule has 3 nitrogen and oxygen atoms in total. The molecule has 1 aromatic rings. The molecule has 20 heavy (non-hydrogen) atoms. The number of carbonyl (C=O) groups is 1.